The smallest absolute Gasteiger partial charge is 0.321 e. The second-order valence-electron chi connectivity index (χ2n) is 6.63. The van der Waals surface area contributed by atoms with Gasteiger partial charge in [0.05, 0.1) is 0 Å². The zero-order valence-electron chi connectivity index (χ0n) is 11.8. The summed E-state index contributed by atoms with van der Waals surface area (Å²) >= 11 is 0. The maximum absolute atomic E-state index is 11.6. The van der Waals surface area contributed by atoms with Crippen LogP contribution < -0.4 is 0 Å². The Kier molecular flexibility index (Phi) is 4.39. The van der Waals surface area contributed by atoms with Crippen LogP contribution in [0.1, 0.15) is 48.5 Å². The fourth-order valence-electron chi connectivity index (χ4n) is 1.72. The average molecular weight is 246 g/mol. The molecule has 96 valence electrons. The Morgan fingerprint density at radius 1 is 1.12 bits per heavy atom. The summed E-state index contributed by atoms with van der Waals surface area (Å²) in [6.07, 6.45) is -1.04. The second kappa shape index (κ2) is 4.49. The summed E-state index contributed by atoms with van der Waals surface area (Å²) in [7, 11) is -2.29. The summed E-state index contributed by atoms with van der Waals surface area (Å²) in [5, 5.41) is 9.14. The van der Waals surface area contributed by atoms with Gasteiger partial charge in [0.2, 0.25) is 0 Å². The van der Waals surface area contributed by atoms with E-state index in [9.17, 15) is 9.90 Å². The van der Waals surface area contributed by atoms with E-state index >= 15 is 0 Å². The average Bonchev–Trinajstić information content (AvgIpc) is 1.99. The summed E-state index contributed by atoms with van der Waals surface area (Å²) in [5.41, 5.74) is 0. The Balaban J connectivity index is 5.22. The van der Waals surface area contributed by atoms with Gasteiger partial charge in [0.15, 0.2) is 0 Å². The molecule has 0 saturated heterocycles. The molecule has 0 aliphatic rings. The van der Waals surface area contributed by atoms with Crippen LogP contribution in [0.5, 0.6) is 0 Å². The maximum Gasteiger partial charge on any atom is 0.321 e. The predicted molar refractivity (Wildman–Crippen MR) is 68.8 cm³/mol. The SMILES string of the molecule is CC(O)C(=O)O[Si](C)(C(C)(C)C)C(C)(C)C. The Hall–Kier alpha value is -0.353. The molecule has 16 heavy (non-hydrogen) atoms. The molecule has 0 heterocycles. The summed E-state index contributed by atoms with van der Waals surface area (Å²) in [5.74, 6) is -0.501. The molecule has 0 aromatic rings. The summed E-state index contributed by atoms with van der Waals surface area (Å²) in [6.45, 7) is 16.1. The second-order valence-corrected chi connectivity index (χ2v) is 11.9. The van der Waals surface area contributed by atoms with Gasteiger partial charge in [0, 0.05) is 0 Å². The van der Waals surface area contributed by atoms with Crippen molar-refractivity contribution in [1.82, 2.24) is 0 Å². The Morgan fingerprint density at radius 2 is 1.44 bits per heavy atom. The van der Waals surface area contributed by atoms with Gasteiger partial charge in [0.25, 0.3) is 8.32 Å². The number of hydrogen-bond donors (Lipinski definition) is 1. The van der Waals surface area contributed by atoms with Gasteiger partial charge in [-0.1, -0.05) is 41.5 Å². The molecule has 1 atom stereocenters. The molecule has 0 radical (unpaired) electrons. The molecule has 4 heteroatoms. The number of hydrogen-bond acceptors (Lipinski definition) is 3. The van der Waals surface area contributed by atoms with E-state index in [4.69, 9.17) is 4.43 Å². The summed E-state index contributed by atoms with van der Waals surface area (Å²) < 4.78 is 5.68. The zero-order chi connectivity index (χ0) is 13.4. The first-order valence-corrected chi connectivity index (χ1v) is 8.14. The molecule has 0 saturated carbocycles. The van der Waals surface area contributed by atoms with Crippen molar-refractivity contribution in [1.29, 1.82) is 0 Å². The van der Waals surface area contributed by atoms with Crippen LogP contribution in [-0.4, -0.2) is 25.5 Å². The third-order valence-electron chi connectivity index (χ3n) is 3.51. The van der Waals surface area contributed by atoms with Crippen molar-refractivity contribution in [2.24, 2.45) is 0 Å². The zero-order valence-corrected chi connectivity index (χ0v) is 12.8. The fourth-order valence-corrected chi connectivity index (χ4v) is 5.15. The van der Waals surface area contributed by atoms with E-state index in [-0.39, 0.29) is 10.1 Å². The summed E-state index contributed by atoms with van der Waals surface area (Å²) in [6, 6.07) is 0. The highest BCUT2D eigenvalue weighted by molar-refractivity contribution is 6.79. The van der Waals surface area contributed by atoms with Crippen LogP contribution in [0, 0.1) is 0 Å². The molecule has 0 amide bonds. The first-order chi connectivity index (χ1) is 6.83. The normalized spacial score (nSPS) is 15.8. The standard InChI is InChI=1S/C12H26O3Si/c1-9(13)10(14)15-16(8,11(2,3)4)12(5,6)7/h9,13H,1-8H3. The molecule has 0 aromatic heterocycles. The molecule has 0 aliphatic carbocycles. The van der Waals surface area contributed by atoms with Crippen molar-refractivity contribution in [3.63, 3.8) is 0 Å². The molecule has 0 bridgehead atoms. The van der Waals surface area contributed by atoms with Crippen molar-refractivity contribution in [3.05, 3.63) is 0 Å². The summed E-state index contributed by atoms with van der Waals surface area (Å²) in [4.78, 5) is 11.6. The van der Waals surface area contributed by atoms with Crippen molar-refractivity contribution >= 4 is 14.3 Å². The minimum atomic E-state index is -2.29. The highest BCUT2D eigenvalue weighted by atomic mass is 28.4. The van der Waals surface area contributed by atoms with Crippen molar-refractivity contribution in [2.45, 2.75) is 71.2 Å². The van der Waals surface area contributed by atoms with Gasteiger partial charge in [0.1, 0.15) is 6.10 Å². The van der Waals surface area contributed by atoms with Gasteiger partial charge in [-0.15, -0.1) is 0 Å². The molecule has 0 fully saturated rings. The van der Waals surface area contributed by atoms with Gasteiger partial charge in [-0.05, 0) is 23.5 Å². The molecular formula is C12H26O3Si. The number of aliphatic hydroxyl groups excluding tert-OH is 1. The molecule has 0 aromatic carbocycles. The van der Waals surface area contributed by atoms with Crippen molar-refractivity contribution in [3.8, 4) is 0 Å². The van der Waals surface area contributed by atoms with E-state index in [0.29, 0.717) is 0 Å². The molecule has 0 rings (SSSR count). The molecule has 0 spiro atoms. The minimum Gasteiger partial charge on any atom is -0.516 e. The minimum absolute atomic E-state index is 0.0597. The van der Waals surface area contributed by atoms with Crippen LogP contribution in [0.3, 0.4) is 0 Å². The van der Waals surface area contributed by atoms with Crippen LogP contribution in [0.4, 0.5) is 0 Å². The molecule has 3 nitrogen and oxygen atoms in total. The fraction of sp³-hybridized carbons (Fsp3) is 0.917. The molecule has 0 aliphatic heterocycles. The largest absolute Gasteiger partial charge is 0.516 e. The van der Waals surface area contributed by atoms with E-state index in [2.05, 4.69) is 48.1 Å². The lowest BCUT2D eigenvalue weighted by Crippen LogP contribution is -2.54. The highest BCUT2D eigenvalue weighted by Gasteiger charge is 2.54. The van der Waals surface area contributed by atoms with Crippen LogP contribution in [0.25, 0.3) is 0 Å². The van der Waals surface area contributed by atoms with Crippen molar-refractivity contribution < 1.29 is 14.3 Å². The van der Waals surface area contributed by atoms with Crippen LogP contribution in [0.15, 0.2) is 0 Å². The number of carbonyl (C=O) groups is 1. The maximum atomic E-state index is 11.6. The first kappa shape index (κ1) is 15.6. The number of carbonyl (C=O) groups excluding carboxylic acids is 1. The number of rotatable bonds is 2. The van der Waals surface area contributed by atoms with Gasteiger partial charge in [-0.2, -0.15) is 0 Å². The van der Waals surface area contributed by atoms with E-state index in [1.165, 1.54) is 6.92 Å². The van der Waals surface area contributed by atoms with E-state index < -0.39 is 20.4 Å². The lowest BCUT2D eigenvalue weighted by molar-refractivity contribution is -0.144. The Bertz CT molecular complexity index is 244. The van der Waals surface area contributed by atoms with Gasteiger partial charge in [-0.25, -0.2) is 0 Å². The van der Waals surface area contributed by atoms with Crippen LogP contribution >= 0.6 is 0 Å². The van der Waals surface area contributed by atoms with Crippen LogP contribution in [0.2, 0.25) is 16.6 Å². The first-order valence-electron chi connectivity index (χ1n) is 5.74. The number of aliphatic hydroxyl groups is 1. The van der Waals surface area contributed by atoms with E-state index in [1.54, 1.807) is 0 Å². The Morgan fingerprint density at radius 3 is 1.62 bits per heavy atom. The van der Waals surface area contributed by atoms with E-state index in [0.717, 1.165) is 0 Å². The lowest BCUT2D eigenvalue weighted by atomic mass is 10.2. The molecule has 1 unspecified atom stereocenters. The van der Waals surface area contributed by atoms with Gasteiger partial charge >= 0.3 is 5.97 Å². The molecular weight excluding hydrogens is 220 g/mol. The predicted octanol–water partition coefficient (Wildman–Crippen LogP) is 3.09. The third kappa shape index (κ3) is 3.07. The molecule has 1 N–H and O–H groups in total. The monoisotopic (exact) mass is 246 g/mol. The topological polar surface area (TPSA) is 46.5 Å². The van der Waals surface area contributed by atoms with Gasteiger partial charge < -0.3 is 9.53 Å². The third-order valence-corrected chi connectivity index (χ3v) is 9.84. The van der Waals surface area contributed by atoms with Gasteiger partial charge in [-0.3, -0.25) is 4.79 Å². The Labute approximate surface area is 100 Å². The highest BCUT2D eigenvalue weighted by Crippen LogP contribution is 2.51. The lowest BCUT2D eigenvalue weighted by Gasteiger charge is -2.47. The van der Waals surface area contributed by atoms with E-state index in [1.807, 2.05) is 0 Å². The quantitative estimate of drug-likeness (QED) is 0.762. The van der Waals surface area contributed by atoms with Crippen molar-refractivity contribution in [2.75, 3.05) is 0 Å². The van der Waals surface area contributed by atoms with Crippen LogP contribution in [-0.2, 0) is 9.22 Å².